The van der Waals surface area contributed by atoms with Gasteiger partial charge >= 0.3 is 0 Å². The molecule has 0 unspecified atom stereocenters. The maximum atomic E-state index is 4.40. The molecule has 0 amide bonds. The normalized spacial score (nSPS) is 10.4. The first kappa shape index (κ1) is 11.2. The van der Waals surface area contributed by atoms with Crippen molar-refractivity contribution < 1.29 is 0 Å². The minimum atomic E-state index is 1.14. The van der Waals surface area contributed by atoms with Crippen molar-refractivity contribution in [3.63, 3.8) is 0 Å². The summed E-state index contributed by atoms with van der Waals surface area (Å²) in [4.78, 5) is 4.40. The molecule has 0 atom stereocenters. The number of aryl methyl sites for hydroxylation is 2. The van der Waals surface area contributed by atoms with Crippen molar-refractivity contribution in [2.24, 2.45) is 0 Å². The van der Waals surface area contributed by atoms with E-state index in [1.807, 2.05) is 6.20 Å². The molecule has 0 saturated heterocycles. The van der Waals surface area contributed by atoms with Gasteiger partial charge in [-0.05, 0) is 31.4 Å². The fourth-order valence-electron chi connectivity index (χ4n) is 1.56. The molecule has 0 saturated carbocycles. The Balaban J connectivity index is 2.15. The molecule has 0 fully saturated rings. The Labute approximate surface area is 87.6 Å². The van der Waals surface area contributed by atoms with Crippen LogP contribution in [0.25, 0.3) is 0 Å². The summed E-state index contributed by atoms with van der Waals surface area (Å²) < 4.78 is 0. The monoisotopic (exact) mass is 191 g/mol. The SMILES string of the molecule is CCCCCCCc1ccc(C)cn1. The number of nitrogens with zero attached hydrogens (tertiary/aromatic N) is 1. The molecule has 0 aliphatic heterocycles. The molecule has 0 aliphatic rings. The average Bonchev–Trinajstić information content (AvgIpc) is 2.21. The van der Waals surface area contributed by atoms with E-state index in [1.165, 1.54) is 43.4 Å². The summed E-state index contributed by atoms with van der Waals surface area (Å²) in [7, 11) is 0. The highest BCUT2D eigenvalue weighted by Crippen LogP contribution is 2.07. The fourth-order valence-corrected chi connectivity index (χ4v) is 1.56. The largest absolute Gasteiger partial charge is 0.261 e. The number of hydrogen-bond donors (Lipinski definition) is 0. The lowest BCUT2D eigenvalue weighted by Gasteiger charge is -2.01. The Morgan fingerprint density at radius 1 is 1.07 bits per heavy atom. The summed E-state index contributed by atoms with van der Waals surface area (Å²) in [5.41, 5.74) is 2.49. The zero-order chi connectivity index (χ0) is 10.2. The summed E-state index contributed by atoms with van der Waals surface area (Å²) in [5, 5.41) is 0. The van der Waals surface area contributed by atoms with Crippen LogP contribution in [0, 0.1) is 6.92 Å². The lowest BCUT2D eigenvalue weighted by Crippen LogP contribution is -1.90. The smallest absolute Gasteiger partial charge is 0.0403 e. The Bertz CT molecular complexity index is 238. The maximum absolute atomic E-state index is 4.40. The van der Waals surface area contributed by atoms with Crippen LogP contribution in [0.5, 0.6) is 0 Å². The quantitative estimate of drug-likeness (QED) is 0.621. The molecule has 1 aromatic rings. The highest BCUT2D eigenvalue weighted by molar-refractivity contribution is 5.12. The van der Waals surface area contributed by atoms with Gasteiger partial charge in [0.1, 0.15) is 0 Å². The van der Waals surface area contributed by atoms with Crippen molar-refractivity contribution in [2.75, 3.05) is 0 Å². The Kier molecular flexibility index (Phi) is 5.28. The third kappa shape index (κ3) is 4.40. The number of hydrogen-bond acceptors (Lipinski definition) is 1. The first-order chi connectivity index (χ1) is 6.83. The minimum absolute atomic E-state index is 1.14. The van der Waals surface area contributed by atoms with E-state index in [4.69, 9.17) is 0 Å². The first-order valence-electron chi connectivity index (χ1n) is 5.74. The van der Waals surface area contributed by atoms with Crippen LogP contribution < -0.4 is 0 Å². The molecule has 0 spiro atoms. The predicted molar refractivity (Wildman–Crippen MR) is 61.4 cm³/mol. The third-order valence-electron chi connectivity index (χ3n) is 2.51. The average molecular weight is 191 g/mol. The lowest BCUT2D eigenvalue weighted by atomic mass is 10.1. The van der Waals surface area contributed by atoms with Gasteiger partial charge in [0.2, 0.25) is 0 Å². The van der Waals surface area contributed by atoms with Gasteiger partial charge in [-0.15, -0.1) is 0 Å². The van der Waals surface area contributed by atoms with E-state index in [0.29, 0.717) is 0 Å². The number of rotatable bonds is 6. The summed E-state index contributed by atoms with van der Waals surface area (Å²) in [6, 6.07) is 4.30. The van der Waals surface area contributed by atoms with Crippen molar-refractivity contribution in [3.05, 3.63) is 29.6 Å². The summed E-state index contributed by atoms with van der Waals surface area (Å²) in [5.74, 6) is 0. The molecule has 14 heavy (non-hydrogen) atoms. The zero-order valence-electron chi connectivity index (χ0n) is 9.42. The lowest BCUT2D eigenvalue weighted by molar-refractivity contribution is 0.628. The second-order valence-corrected chi connectivity index (χ2v) is 3.99. The fraction of sp³-hybridized carbons (Fsp3) is 0.615. The zero-order valence-corrected chi connectivity index (χ0v) is 9.42. The minimum Gasteiger partial charge on any atom is -0.261 e. The third-order valence-corrected chi connectivity index (χ3v) is 2.51. The van der Waals surface area contributed by atoms with Gasteiger partial charge in [-0.1, -0.05) is 38.7 Å². The van der Waals surface area contributed by atoms with Crippen LogP contribution >= 0.6 is 0 Å². The van der Waals surface area contributed by atoms with E-state index in [1.54, 1.807) is 0 Å². The molecule has 1 aromatic heterocycles. The van der Waals surface area contributed by atoms with Crippen LogP contribution in [0.15, 0.2) is 18.3 Å². The van der Waals surface area contributed by atoms with Crippen LogP contribution in [0.3, 0.4) is 0 Å². The summed E-state index contributed by atoms with van der Waals surface area (Å²) in [6.07, 6.45) is 9.82. The summed E-state index contributed by atoms with van der Waals surface area (Å²) in [6.45, 7) is 4.33. The van der Waals surface area contributed by atoms with Crippen molar-refractivity contribution in [1.82, 2.24) is 4.98 Å². The van der Waals surface area contributed by atoms with Crippen molar-refractivity contribution in [3.8, 4) is 0 Å². The van der Waals surface area contributed by atoms with Crippen molar-refractivity contribution in [2.45, 2.75) is 52.4 Å². The van der Waals surface area contributed by atoms with Crippen LogP contribution in [0.1, 0.15) is 50.3 Å². The van der Waals surface area contributed by atoms with Gasteiger partial charge in [-0.25, -0.2) is 0 Å². The van der Waals surface area contributed by atoms with E-state index in [-0.39, 0.29) is 0 Å². The van der Waals surface area contributed by atoms with Crippen LogP contribution in [-0.4, -0.2) is 4.98 Å². The Morgan fingerprint density at radius 3 is 2.50 bits per heavy atom. The predicted octanol–water partition coefficient (Wildman–Crippen LogP) is 3.90. The molecule has 0 N–H and O–H groups in total. The van der Waals surface area contributed by atoms with Crippen LogP contribution in [-0.2, 0) is 6.42 Å². The molecule has 0 bridgehead atoms. The highest BCUT2D eigenvalue weighted by atomic mass is 14.7. The van der Waals surface area contributed by atoms with Gasteiger partial charge in [0.25, 0.3) is 0 Å². The van der Waals surface area contributed by atoms with Gasteiger partial charge < -0.3 is 0 Å². The molecule has 1 nitrogen and oxygen atoms in total. The molecular weight excluding hydrogens is 170 g/mol. The topological polar surface area (TPSA) is 12.9 Å². The molecule has 78 valence electrons. The Morgan fingerprint density at radius 2 is 1.86 bits per heavy atom. The number of aromatic nitrogens is 1. The number of pyridine rings is 1. The van der Waals surface area contributed by atoms with E-state index < -0.39 is 0 Å². The second kappa shape index (κ2) is 6.58. The summed E-state index contributed by atoms with van der Waals surface area (Å²) >= 11 is 0. The first-order valence-corrected chi connectivity index (χ1v) is 5.74. The Hall–Kier alpha value is -0.850. The molecule has 1 rings (SSSR count). The van der Waals surface area contributed by atoms with Gasteiger partial charge in [-0.3, -0.25) is 4.98 Å². The molecule has 1 heteroatoms. The van der Waals surface area contributed by atoms with Gasteiger partial charge in [-0.2, -0.15) is 0 Å². The maximum Gasteiger partial charge on any atom is 0.0403 e. The molecule has 0 aliphatic carbocycles. The van der Waals surface area contributed by atoms with E-state index >= 15 is 0 Å². The van der Waals surface area contributed by atoms with E-state index in [0.717, 1.165) is 6.42 Å². The van der Waals surface area contributed by atoms with E-state index in [2.05, 4.69) is 31.0 Å². The number of unbranched alkanes of at least 4 members (excludes halogenated alkanes) is 4. The van der Waals surface area contributed by atoms with Gasteiger partial charge in [0.05, 0.1) is 0 Å². The molecule has 0 aromatic carbocycles. The van der Waals surface area contributed by atoms with Crippen molar-refractivity contribution in [1.29, 1.82) is 0 Å². The second-order valence-electron chi connectivity index (χ2n) is 3.99. The van der Waals surface area contributed by atoms with Gasteiger partial charge in [0.15, 0.2) is 0 Å². The van der Waals surface area contributed by atoms with Crippen LogP contribution in [0.4, 0.5) is 0 Å². The highest BCUT2D eigenvalue weighted by Gasteiger charge is 1.94. The molecule has 0 radical (unpaired) electrons. The molecular formula is C13H21N. The van der Waals surface area contributed by atoms with Crippen molar-refractivity contribution >= 4 is 0 Å². The van der Waals surface area contributed by atoms with Crippen LogP contribution in [0.2, 0.25) is 0 Å². The molecule has 1 heterocycles. The van der Waals surface area contributed by atoms with Gasteiger partial charge in [0, 0.05) is 11.9 Å². The standard InChI is InChI=1S/C13H21N/c1-3-4-5-6-7-8-13-10-9-12(2)11-14-13/h9-11H,3-8H2,1-2H3. The van der Waals surface area contributed by atoms with E-state index in [9.17, 15) is 0 Å².